The lowest BCUT2D eigenvalue weighted by Crippen LogP contribution is -2.41. The molecule has 0 aromatic heterocycles. The Morgan fingerprint density at radius 3 is 2.26 bits per heavy atom. The molecule has 0 saturated heterocycles. The first-order valence-electron chi connectivity index (χ1n) is 6.91. The number of nitriles is 1. The van der Waals surface area contributed by atoms with E-state index in [1.54, 1.807) is 14.1 Å². The van der Waals surface area contributed by atoms with Crippen LogP contribution in [0.5, 0.6) is 0 Å². The zero-order chi connectivity index (χ0) is 14.3. The molecule has 106 valence electrons. The van der Waals surface area contributed by atoms with Gasteiger partial charge in [-0.15, -0.1) is 0 Å². The number of rotatable bonds is 4. The van der Waals surface area contributed by atoms with Crippen molar-refractivity contribution < 1.29 is 9.59 Å². The number of hydrogen-bond acceptors (Lipinski definition) is 3. The van der Waals surface area contributed by atoms with Gasteiger partial charge in [0.1, 0.15) is 5.41 Å². The summed E-state index contributed by atoms with van der Waals surface area (Å²) in [6, 6.07) is 2.21. The average molecular weight is 265 g/mol. The van der Waals surface area contributed by atoms with Crippen molar-refractivity contribution in [2.45, 2.75) is 44.9 Å². The fourth-order valence-corrected chi connectivity index (χ4v) is 2.40. The van der Waals surface area contributed by atoms with Crippen molar-refractivity contribution in [3.8, 4) is 6.07 Å². The Hall–Kier alpha value is -1.57. The number of nitrogens with one attached hydrogen (secondary N) is 1. The SMILES string of the molecule is CN(C)C(=O)CCNC(=O)C1(C#N)CCCCCC1. The molecular weight excluding hydrogens is 242 g/mol. The van der Waals surface area contributed by atoms with E-state index in [2.05, 4.69) is 11.4 Å². The second kappa shape index (κ2) is 7.13. The summed E-state index contributed by atoms with van der Waals surface area (Å²) in [5, 5.41) is 12.1. The monoisotopic (exact) mass is 265 g/mol. The van der Waals surface area contributed by atoms with Crippen LogP contribution in [0.25, 0.3) is 0 Å². The largest absolute Gasteiger partial charge is 0.354 e. The third-order valence-electron chi connectivity index (χ3n) is 3.73. The zero-order valence-electron chi connectivity index (χ0n) is 11.9. The minimum absolute atomic E-state index is 0.0211. The van der Waals surface area contributed by atoms with E-state index in [1.807, 2.05) is 0 Å². The summed E-state index contributed by atoms with van der Waals surface area (Å²) < 4.78 is 0. The Bertz CT molecular complexity index is 363. The topological polar surface area (TPSA) is 73.2 Å². The summed E-state index contributed by atoms with van der Waals surface area (Å²) in [5.41, 5.74) is -0.877. The second-order valence-electron chi connectivity index (χ2n) is 5.40. The summed E-state index contributed by atoms with van der Waals surface area (Å²) >= 11 is 0. The van der Waals surface area contributed by atoms with Crippen molar-refractivity contribution >= 4 is 11.8 Å². The van der Waals surface area contributed by atoms with E-state index in [9.17, 15) is 14.9 Å². The average Bonchev–Trinajstić information content (AvgIpc) is 2.64. The molecule has 1 rings (SSSR count). The number of hydrogen-bond donors (Lipinski definition) is 1. The van der Waals surface area contributed by atoms with Gasteiger partial charge < -0.3 is 10.2 Å². The third-order valence-corrected chi connectivity index (χ3v) is 3.73. The molecule has 1 N–H and O–H groups in total. The molecule has 5 heteroatoms. The smallest absolute Gasteiger partial charge is 0.240 e. The standard InChI is InChI=1S/C14H23N3O2/c1-17(2)12(18)7-10-16-13(19)14(11-15)8-5-3-4-6-9-14/h3-10H2,1-2H3,(H,16,19). The summed E-state index contributed by atoms with van der Waals surface area (Å²) in [6.45, 7) is 0.305. The van der Waals surface area contributed by atoms with Crippen LogP contribution in [0.15, 0.2) is 0 Å². The summed E-state index contributed by atoms with van der Waals surface area (Å²) in [5.74, 6) is -0.226. The predicted octanol–water partition coefficient (Wildman–Crippen LogP) is 1.45. The Labute approximate surface area is 115 Å². The van der Waals surface area contributed by atoms with E-state index in [0.29, 0.717) is 19.4 Å². The minimum Gasteiger partial charge on any atom is -0.354 e. The van der Waals surface area contributed by atoms with Gasteiger partial charge in [-0.05, 0) is 12.8 Å². The Balaban J connectivity index is 2.50. The van der Waals surface area contributed by atoms with Crippen molar-refractivity contribution in [1.29, 1.82) is 5.26 Å². The van der Waals surface area contributed by atoms with Crippen LogP contribution in [0.3, 0.4) is 0 Å². The molecule has 0 unspecified atom stereocenters. The highest BCUT2D eigenvalue weighted by Gasteiger charge is 2.38. The first-order valence-corrected chi connectivity index (χ1v) is 6.91. The van der Waals surface area contributed by atoms with E-state index >= 15 is 0 Å². The van der Waals surface area contributed by atoms with Gasteiger partial charge >= 0.3 is 0 Å². The van der Waals surface area contributed by atoms with Crippen LogP contribution in [0, 0.1) is 16.7 Å². The van der Waals surface area contributed by atoms with Crippen LogP contribution in [-0.4, -0.2) is 37.4 Å². The maximum Gasteiger partial charge on any atom is 0.240 e. The Kier molecular flexibility index (Phi) is 5.81. The molecular formula is C14H23N3O2. The first-order chi connectivity index (χ1) is 9.02. The predicted molar refractivity (Wildman–Crippen MR) is 72.1 cm³/mol. The molecule has 0 aromatic carbocycles. The summed E-state index contributed by atoms with van der Waals surface area (Å²) in [4.78, 5) is 25.1. The van der Waals surface area contributed by atoms with Crippen LogP contribution in [0.4, 0.5) is 0 Å². The maximum absolute atomic E-state index is 12.2. The molecule has 1 aliphatic rings. The van der Waals surface area contributed by atoms with Gasteiger partial charge in [-0.3, -0.25) is 9.59 Å². The highest BCUT2D eigenvalue weighted by molar-refractivity contribution is 5.86. The summed E-state index contributed by atoms with van der Waals surface area (Å²) in [7, 11) is 3.37. The number of carbonyl (C=O) groups is 2. The van der Waals surface area contributed by atoms with Crippen molar-refractivity contribution in [2.24, 2.45) is 5.41 Å². The highest BCUT2D eigenvalue weighted by atomic mass is 16.2. The van der Waals surface area contributed by atoms with Crippen molar-refractivity contribution in [1.82, 2.24) is 10.2 Å². The molecule has 1 aliphatic carbocycles. The fourth-order valence-electron chi connectivity index (χ4n) is 2.40. The molecule has 1 fully saturated rings. The molecule has 5 nitrogen and oxygen atoms in total. The number of nitrogens with zero attached hydrogens (tertiary/aromatic N) is 2. The molecule has 0 aromatic rings. The Morgan fingerprint density at radius 2 is 1.79 bits per heavy atom. The van der Waals surface area contributed by atoms with Gasteiger partial charge in [-0.1, -0.05) is 25.7 Å². The molecule has 0 atom stereocenters. The van der Waals surface area contributed by atoms with Gasteiger partial charge in [-0.2, -0.15) is 5.26 Å². The molecule has 2 amide bonds. The van der Waals surface area contributed by atoms with E-state index in [1.165, 1.54) is 4.90 Å². The lowest BCUT2D eigenvalue weighted by atomic mass is 9.81. The van der Waals surface area contributed by atoms with Crippen LogP contribution < -0.4 is 5.32 Å². The van der Waals surface area contributed by atoms with Gasteiger partial charge in [0.2, 0.25) is 11.8 Å². The van der Waals surface area contributed by atoms with Crippen LogP contribution >= 0.6 is 0 Å². The van der Waals surface area contributed by atoms with E-state index in [4.69, 9.17) is 0 Å². The molecule has 0 spiro atoms. The normalized spacial score (nSPS) is 17.9. The van der Waals surface area contributed by atoms with Crippen molar-refractivity contribution in [3.63, 3.8) is 0 Å². The van der Waals surface area contributed by atoms with E-state index in [-0.39, 0.29) is 18.2 Å². The van der Waals surface area contributed by atoms with Gasteiger partial charge in [-0.25, -0.2) is 0 Å². The first kappa shape index (κ1) is 15.5. The summed E-state index contributed by atoms with van der Waals surface area (Å²) in [6.07, 6.45) is 5.59. The second-order valence-corrected chi connectivity index (χ2v) is 5.40. The fraction of sp³-hybridized carbons (Fsp3) is 0.786. The van der Waals surface area contributed by atoms with Crippen LogP contribution in [0.2, 0.25) is 0 Å². The quantitative estimate of drug-likeness (QED) is 0.782. The van der Waals surface area contributed by atoms with Crippen LogP contribution in [0.1, 0.15) is 44.9 Å². The van der Waals surface area contributed by atoms with Gasteiger partial charge in [0.05, 0.1) is 6.07 Å². The molecule has 0 bridgehead atoms. The molecule has 19 heavy (non-hydrogen) atoms. The van der Waals surface area contributed by atoms with Crippen molar-refractivity contribution in [2.75, 3.05) is 20.6 Å². The van der Waals surface area contributed by atoms with E-state index < -0.39 is 5.41 Å². The van der Waals surface area contributed by atoms with Gasteiger partial charge in [0.15, 0.2) is 0 Å². The Morgan fingerprint density at radius 1 is 1.21 bits per heavy atom. The van der Waals surface area contributed by atoms with E-state index in [0.717, 1.165) is 25.7 Å². The molecule has 1 saturated carbocycles. The number of amides is 2. The maximum atomic E-state index is 12.2. The van der Waals surface area contributed by atoms with Crippen LogP contribution in [-0.2, 0) is 9.59 Å². The minimum atomic E-state index is -0.877. The zero-order valence-corrected chi connectivity index (χ0v) is 11.9. The van der Waals surface area contributed by atoms with Crippen molar-refractivity contribution in [3.05, 3.63) is 0 Å². The van der Waals surface area contributed by atoms with Gasteiger partial charge in [0, 0.05) is 27.1 Å². The molecule has 0 radical (unpaired) electrons. The highest BCUT2D eigenvalue weighted by Crippen LogP contribution is 2.34. The number of carbonyl (C=O) groups excluding carboxylic acids is 2. The molecule has 0 heterocycles. The third kappa shape index (κ3) is 4.23. The van der Waals surface area contributed by atoms with Gasteiger partial charge in [0.25, 0.3) is 0 Å². The lowest BCUT2D eigenvalue weighted by molar-refractivity contribution is -0.130. The lowest BCUT2D eigenvalue weighted by Gasteiger charge is -2.23. The molecule has 0 aliphatic heterocycles.